The molecule has 1 heterocycles. The molecule has 27 heavy (non-hydrogen) atoms. The minimum absolute atomic E-state index is 0.236. The van der Waals surface area contributed by atoms with Gasteiger partial charge in [-0.25, -0.2) is 11.4 Å². The second-order valence-electron chi connectivity index (χ2n) is 5.50. The van der Waals surface area contributed by atoms with Crippen LogP contribution in [0.25, 0.3) is 4.85 Å². The third kappa shape index (κ3) is 4.11. The van der Waals surface area contributed by atoms with Crippen LogP contribution in [0.5, 0.6) is 11.5 Å². The predicted molar refractivity (Wildman–Crippen MR) is 100 cm³/mol. The maximum Gasteiger partial charge on any atom is 0.335 e. The van der Waals surface area contributed by atoms with Crippen LogP contribution in [0.4, 0.5) is 5.69 Å². The number of amides is 1. The van der Waals surface area contributed by atoms with Crippen molar-refractivity contribution in [3.05, 3.63) is 77.2 Å². The number of carbonyl (C=O) groups is 2. The number of para-hydroxylation sites is 1. The van der Waals surface area contributed by atoms with Crippen LogP contribution in [0.15, 0.2) is 65.7 Å². The Labute approximate surface area is 159 Å². The molecule has 0 aromatic heterocycles. The van der Waals surface area contributed by atoms with Crippen molar-refractivity contribution in [1.29, 1.82) is 0 Å². The number of benzene rings is 2. The lowest BCUT2D eigenvalue weighted by Gasteiger charge is -2.09. The fourth-order valence-corrected chi connectivity index (χ4v) is 3.54. The SMILES string of the molecule is [C-]#[N+]C1SC(O)C(C(=O)O)=C1C(=O)Nc1ccc(Oc2ccccc2)cc1. The number of aliphatic hydroxyl groups excluding tert-OH is 1. The zero-order valence-electron chi connectivity index (χ0n) is 13.8. The van der Waals surface area contributed by atoms with Gasteiger partial charge in [-0.3, -0.25) is 9.64 Å². The average molecular weight is 382 g/mol. The molecular weight excluding hydrogens is 368 g/mol. The van der Waals surface area contributed by atoms with Crippen LogP contribution >= 0.6 is 11.8 Å². The van der Waals surface area contributed by atoms with E-state index in [9.17, 15) is 19.8 Å². The van der Waals surface area contributed by atoms with Crippen LogP contribution in [0.3, 0.4) is 0 Å². The minimum Gasteiger partial charge on any atom is -0.478 e. The molecule has 2 aromatic rings. The Bertz CT molecular complexity index is 935. The number of carbonyl (C=O) groups excluding carboxylic acids is 1. The van der Waals surface area contributed by atoms with E-state index in [1.807, 2.05) is 30.3 Å². The smallest absolute Gasteiger partial charge is 0.335 e. The van der Waals surface area contributed by atoms with Crippen molar-refractivity contribution in [2.75, 3.05) is 5.32 Å². The first-order valence-electron chi connectivity index (χ1n) is 7.81. The summed E-state index contributed by atoms with van der Waals surface area (Å²) in [7, 11) is 0. The van der Waals surface area contributed by atoms with E-state index in [0.717, 1.165) is 11.8 Å². The number of hydrogen-bond donors (Lipinski definition) is 3. The summed E-state index contributed by atoms with van der Waals surface area (Å²) in [6.45, 7) is 7.13. The number of hydrogen-bond acceptors (Lipinski definition) is 5. The lowest BCUT2D eigenvalue weighted by molar-refractivity contribution is -0.133. The highest BCUT2D eigenvalue weighted by Gasteiger charge is 2.44. The Morgan fingerprint density at radius 3 is 2.26 bits per heavy atom. The number of anilines is 1. The molecule has 8 heteroatoms. The number of rotatable bonds is 5. The highest BCUT2D eigenvalue weighted by atomic mass is 32.2. The second kappa shape index (κ2) is 7.95. The van der Waals surface area contributed by atoms with Crippen molar-refractivity contribution in [3.63, 3.8) is 0 Å². The number of thioether (sulfide) groups is 1. The Morgan fingerprint density at radius 2 is 1.67 bits per heavy atom. The molecule has 0 saturated heterocycles. The number of aliphatic hydroxyl groups is 1. The van der Waals surface area contributed by atoms with E-state index in [1.54, 1.807) is 24.3 Å². The number of nitrogens with one attached hydrogen (secondary N) is 1. The fourth-order valence-electron chi connectivity index (χ4n) is 2.50. The minimum atomic E-state index is -1.42. The van der Waals surface area contributed by atoms with Crippen molar-refractivity contribution in [1.82, 2.24) is 0 Å². The number of ether oxygens (including phenoxy) is 1. The van der Waals surface area contributed by atoms with Crippen LogP contribution in [0.1, 0.15) is 0 Å². The van der Waals surface area contributed by atoms with Crippen molar-refractivity contribution >= 4 is 29.3 Å². The highest BCUT2D eigenvalue weighted by Crippen LogP contribution is 2.39. The number of nitrogens with zero attached hydrogens (tertiary/aromatic N) is 1. The zero-order valence-corrected chi connectivity index (χ0v) is 14.6. The van der Waals surface area contributed by atoms with E-state index in [0.29, 0.717) is 17.2 Å². The molecular formula is C19H14N2O5S. The van der Waals surface area contributed by atoms with E-state index in [4.69, 9.17) is 11.3 Å². The van der Waals surface area contributed by atoms with Gasteiger partial charge in [-0.05, 0) is 48.2 Å². The highest BCUT2D eigenvalue weighted by molar-refractivity contribution is 8.01. The molecule has 3 N–H and O–H groups in total. The van der Waals surface area contributed by atoms with E-state index >= 15 is 0 Å². The Balaban J connectivity index is 1.76. The van der Waals surface area contributed by atoms with Gasteiger partial charge in [-0.1, -0.05) is 18.2 Å². The first-order valence-corrected chi connectivity index (χ1v) is 8.75. The monoisotopic (exact) mass is 382 g/mol. The van der Waals surface area contributed by atoms with Gasteiger partial charge in [0.05, 0.1) is 5.57 Å². The molecule has 0 bridgehead atoms. The quantitative estimate of drug-likeness (QED) is 0.687. The van der Waals surface area contributed by atoms with Crippen LogP contribution in [0.2, 0.25) is 0 Å². The van der Waals surface area contributed by atoms with Gasteiger partial charge in [0.15, 0.2) is 0 Å². The summed E-state index contributed by atoms with van der Waals surface area (Å²) in [5, 5.41) is 20.5. The van der Waals surface area contributed by atoms with Gasteiger partial charge in [-0.15, -0.1) is 0 Å². The van der Waals surface area contributed by atoms with E-state index in [1.165, 1.54) is 0 Å². The van der Waals surface area contributed by atoms with Crippen LogP contribution in [-0.4, -0.2) is 32.9 Å². The maximum absolute atomic E-state index is 12.5. The van der Waals surface area contributed by atoms with Gasteiger partial charge >= 0.3 is 11.3 Å². The number of carboxylic acids is 1. The van der Waals surface area contributed by atoms with Gasteiger partial charge in [0.25, 0.3) is 5.91 Å². The maximum atomic E-state index is 12.5. The summed E-state index contributed by atoms with van der Waals surface area (Å²) in [5.41, 5.74) is -1.70. The topological polar surface area (TPSA) is 100 Å². The van der Waals surface area contributed by atoms with Gasteiger partial charge in [0.1, 0.15) is 22.5 Å². The largest absolute Gasteiger partial charge is 0.478 e. The Morgan fingerprint density at radius 1 is 1.04 bits per heavy atom. The molecule has 2 aromatic carbocycles. The Kier molecular flexibility index (Phi) is 5.45. The summed E-state index contributed by atoms with van der Waals surface area (Å²) in [6, 6.07) is 15.7. The van der Waals surface area contributed by atoms with Gasteiger partial charge < -0.3 is 20.3 Å². The summed E-state index contributed by atoms with van der Waals surface area (Å²) >= 11 is 0.718. The first kappa shape index (κ1) is 18.5. The molecule has 0 saturated carbocycles. The zero-order chi connectivity index (χ0) is 19.4. The molecule has 0 spiro atoms. The van der Waals surface area contributed by atoms with Crippen molar-refractivity contribution in [3.8, 4) is 11.5 Å². The molecule has 1 amide bonds. The normalized spacial score (nSPS) is 18.7. The third-order valence-corrected chi connectivity index (χ3v) is 4.82. The molecule has 1 aliphatic heterocycles. The Hall–Kier alpha value is -3.28. The second-order valence-corrected chi connectivity index (χ2v) is 6.66. The van der Waals surface area contributed by atoms with Crippen LogP contribution in [-0.2, 0) is 9.59 Å². The lowest BCUT2D eigenvalue weighted by Crippen LogP contribution is -2.22. The van der Waals surface area contributed by atoms with Crippen molar-refractivity contribution < 1.29 is 24.5 Å². The molecule has 0 aliphatic carbocycles. The third-order valence-electron chi connectivity index (χ3n) is 3.73. The van der Waals surface area contributed by atoms with E-state index in [2.05, 4.69) is 10.2 Å². The van der Waals surface area contributed by atoms with Gasteiger partial charge in [-0.2, -0.15) is 0 Å². The summed E-state index contributed by atoms with van der Waals surface area (Å²) in [6.07, 6.45) is 0. The van der Waals surface area contributed by atoms with E-state index in [-0.39, 0.29) is 5.57 Å². The van der Waals surface area contributed by atoms with Crippen molar-refractivity contribution in [2.45, 2.75) is 10.8 Å². The van der Waals surface area contributed by atoms with Crippen LogP contribution < -0.4 is 10.1 Å². The van der Waals surface area contributed by atoms with Gasteiger partial charge in [0.2, 0.25) is 0 Å². The standard InChI is InChI=1S/C19H14N2O5S/c1-20-17-14(15(18(23)24)19(25)27-17)16(22)21-11-7-9-13(10-8-11)26-12-5-3-2-4-6-12/h2-10,17,19,25H,(H,21,22)(H,23,24). The lowest BCUT2D eigenvalue weighted by atomic mass is 10.1. The molecule has 2 unspecified atom stereocenters. The number of carboxylic acid groups (broad SMARTS) is 1. The van der Waals surface area contributed by atoms with Crippen LogP contribution in [0, 0.1) is 6.57 Å². The average Bonchev–Trinajstić information content (AvgIpc) is 3.01. The predicted octanol–water partition coefficient (Wildman–Crippen LogP) is 3.11. The summed E-state index contributed by atoms with van der Waals surface area (Å²) < 4.78 is 5.66. The molecule has 1 aliphatic rings. The molecule has 7 nitrogen and oxygen atoms in total. The van der Waals surface area contributed by atoms with Crippen molar-refractivity contribution in [2.24, 2.45) is 0 Å². The van der Waals surface area contributed by atoms with Gasteiger partial charge in [0, 0.05) is 5.69 Å². The molecule has 136 valence electrons. The molecule has 2 atom stereocenters. The molecule has 0 fully saturated rings. The molecule has 3 rings (SSSR count). The fraction of sp³-hybridized carbons (Fsp3) is 0.105. The first-order chi connectivity index (χ1) is 13.0. The summed E-state index contributed by atoms with van der Waals surface area (Å²) in [4.78, 5) is 27.0. The summed E-state index contributed by atoms with van der Waals surface area (Å²) in [5.74, 6) is -0.912. The molecule has 0 radical (unpaired) electrons. The van der Waals surface area contributed by atoms with E-state index < -0.39 is 28.3 Å². The number of aliphatic carboxylic acids is 1.